The molecule has 1 aromatic heterocycles. The highest BCUT2D eigenvalue weighted by Gasteiger charge is 2.38. The molecule has 1 amide bonds. The van der Waals surface area contributed by atoms with E-state index < -0.39 is 58.1 Å². The van der Waals surface area contributed by atoms with Crippen LogP contribution in [0.4, 0.5) is 42.2 Å². The van der Waals surface area contributed by atoms with Crippen LogP contribution in [0.3, 0.4) is 0 Å². The van der Waals surface area contributed by atoms with Crippen molar-refractivity contribution in [1.82, 2.24) is 9.78 Å². The monoisotopic (exact) mass is 569 g/mol. The molecular formula is C25H15ClF7N5O. The van der Waals surface area contributed by atoms with Gasteiger partial charge in [-0.05, 0) is 61.5 Å². The first kappa shape index (κ1) is 27.6. The van der Waals surface area contributed by atoms with E-state index >= 15 is 0 Å². The van der Waals surface area contributed by atoms with Crippen LogP contribution in [0.2, 0.25) is 5.02 Å². The standard InChI is InChI=1S/C25H15ClF7N5O/c1-12-21(25(31,32)33)37-38(15-8-6-14(27)7-9-15)22(12)35-24(34-19-4-2-3-16(26)20(19)30)36-23(39)13-5-10-17(28)18(29)11-13/h2-11H,1H3,(H2,34,35,36,39). The number of halogens is 8. The van der Waals surface area contributed by atoms with Crippen LogP contribution in [0.15, 0.2) is 65.7 Å². The van der Waals surface area contributed by atoms with Gasteiger partial charge in [0.25, 0.3) is 5.91 Å². The first-order chi connectivity index (χ1) is 18.3. The van der Waals surface area contributed by atoms with Crippen LogP contribution in [0.25, 0.3) is 5.69 Å². The van der Waals surface area contributed by atoms with Gasteiger partial charge in [0.15, 0.2) is 23.1 Å². The first-order valence-electron chi connectivity index (χ1n) is 10.8. The number of nitrogens with zero attached hydrogens (tertiary/aromatic N) is 3. The van der Waals surface area contributed by atoms with E-state index in [0.717, 1.165) is 41.9 Å². The smallest absolute Gasteiger partial charge is 0.323 e. The average molecular weight is 570 g/mol. The Bertz CT molecular complexity index is 1580. The SMILES string of the molecule is Cc1c(C(F)(F)F)nn(-c2ccc(F)cc2)c1N/C(=N\C(=O)c1ccc(F)c(F)c1)Nc1cccc(Cl)c1F. The number of carbonyl (C=O) groups is 1. The van der Waals surface area contributed by atoms with E-state index in [1.54, 1.807) is 0 Å². The normalized spacial score (nSPS) is 12.0. The number of rotatable bonds is 4. The Kier molecular flexibility index (Phi) is 7.63. The number of anilines is 2. The molecule has 0 aliphatic carbocycles. The van der Waals surface area contributed by atoms with Crippen LogP contribution < -0.4 is 10.6 Å². The summed E-state index contributed by atoms with van der Waals surface area (Å²) in [5.74, 6) is -6.37. The largest absolute Gasteiger partial charge is 0.435 e. The van der Waals surface area contributed by atoms with Gasteiger partial charge in [-0.2, -0.15) is 23.3 Å². The number of carbonyl (C=O) groups excluding carboxylic acids is 1. The zero-order valence-corrected chi connectivity index (χ0v) is 20.3. The summed E-state index contributed by atoms with van der Waals surface area (Å²) in [5, 5.41) is 8.19. The van der Waals surface area contributed by atoms with Crippen molar-refractivity contribution in [2.75, 3.05) is 10.6 Å². The molecule has 0 saturated carbocycles. The molecule has 1 heterocycles. The predicted octanol–water partition coefficient (Wildman–Crippen LogP) is 7.13. The minimum atomic E-state index is -4.91. The zero-order valence-electron chi connectivity index (χ0n) is 19.5. The summed E-state index contributed by atoms with van der Waals surface area (Å²) in [5.41, 5.74) is -2.50. The van der Waals surface area contributed by atoms with Crippen molar-refractivity contribution < 1.29 is 35.5 Å². The number of hydrogen-bond donors (Lipinski definition) is 2. The number of aromatic nitrogens is 2. The third-order valence-corrected chi connectivity index (χ3v) is 5.58. The van der Waals surface area contributed by atoms with Crippen LogP contribution in [0, 0.1) is 30.2 Å². The van der Waals surface area contributed by atoms with Gasteiger partial charge in [0.05, 0.1) is 16.4 Å². The maximum Gasteiger partial charge on any atom is 0.435 e. The third kappa shape index (κ3) is 6.03. The van der Waals surface area contributed by atoms with E-state index in [9.17, 15) is 35.5 Å². The van der Waals surface area contributed by atoms with E-state index in [1.165, 1.54) is 18.2 Å². The summed E-state index contributed by atoms with van der Waals surface area (Å²) in [6.45, 7) is 1.08. The highest BCUT2D eigenvalue weighted by atomic mass is 35.5. The van der Waals surface area contributed by atoms with Gasteiger partial charge in [-0.25, -0.2) is 22.2 Å². The summed E-state index contributed by atoms with van der Waals surface area (Å²) >= 11 is 5.80. The Labute approximate surface area is 220 Å². The molecule has 6 nitrogen and oxygen atoms in total. The maximum absolute atomic E-state index is 14.6. The second-order valence-corrected chi connectivity index (χ2v) is 8.36. The van der Waals surface area contributed by atoms with Crippen molar-refractivity contribution in [2.24, 2.45) is 4.99 Å². The fraction of sp³-hybridized carbons (Fsp3) is 0.0800. The minimum Gasteiger partial charge on any atom is -0.323 e. The Morgan fingerprint density at radius 3 is 2.28 bits per heavy atom. The van der Waals surface area contributed by atoms with E-state index in [0.29, 0.717) is 12.1 Å². The van der Waals surface area contributed by atoms with Crippen LogP contribution in [0.5, 0.6) is 0 Å². The lowest BCUT2D eigenvalue weighted by Gasteiger charge is -2.15. The number of nitrogens with one attached hydrogen (secondary N) is 2. The second kappa shape index (κ2) is 10.8. The molecule has 0 aliphatic rings. The molecule has 39 heavy (non-hydrogen) atoms. The molecule has 0 saturated heterocycles. The van der Waals surface area contributed by atoms with Crippen molar-refractivity contribution in [3.05, 3.63) is 106 Å². The molecule has 0 bridgehead atoms. The van der Waals surface area contributed by atoms with Crippen molar-refractivity contribution in [2.45, 2.75) is 13.1 Å². The molecule has 0 radical (unpaired) electrons. The lowest BCUT2D eigenvalue weighted by Crippen LogP contribution is -2.26. The molecule has 4 aromatic rings. The van der Waals surface area contributed by atoms with Crippen LogP contribution >= 0.6 is 11.6 Å². The van der Waals surface area contributed by atoms with E-state index in [-0.39, 0.29) is 22.2 Å². The number of amides is 1. The Balaban J connectivity index is 1.85. The summed E-state index contributed by atoms with van der Waals surface area (Å²) in [6, 6.07) is 10.2. The molecular weight excluding hydrogens is 555 g/mol. The molecule has 0 aliphatic heterocycles. The van der Waals surface area contributed by atoms with E-state index in [4.69, 9.17) is 11.6 Å². The molecule has 202 valence electrons. The van der Waals surface area contributed by atoms with Gasteiger partial charge in [-0.15, -0.1) is 0 Å². The number of benzene rings is 3. The Morgan fingerprint density at radius 1 is 0.949 bits per heavy atom. The summed E-state index contributed by atoms with van der Waals surface area (Å²) < 4.78 is 97.0. The van der Waals surface area contributed by atoms with Crippen LogP contribution in [-0.2, 0) is 6.18 Å². The van der Waals surface area contributed by atoms with Crippen molar-refractivity contribution in [3.8, 4) is 5.69 Å². The van der Waals surface area contributed by atoms with E-state index in [2.05, 4.69) is 20.7 Å². The molecule has 3 aromatic carbocycles. The quantitative estimate of drug-likeness (QED) is 0.156. The fourth-order valence-corrected chi connectivity index (χ4v) is 3.58. The lowest BCUT2D eigenvalue weighted by molar-refractivity contribution is -0.141. The van der Waals surface area contributed by atoms with E-state index in [1.807, 2.05) is 0 Å². The van der Waals surface area contributed by atoms with Crippen molar-refractivity contribution in [3.63, 3.8) is 0 Å². The maximum atomic E-state index is 14.6. The highest BCUT2D eigenvalue weighted by Crippen LogP contribution is 2.35. The third-order valence-electron chi connectivity index (χ3n) is 5.28. The molecule has 4 rings (SSSR count). The number of hydrogen-bond acceptors (Lipinski definition) is 2. The molecule has 14 heteroatoms. The van der Waals surface area contributed by atoms with Gasteiger partial charge in [0.1, 0.15) is 11.6 Å². The Morgan fingerprint density at radius 2 is 1.64 bits per heavy atom. The van der Waals surface area contributed by atoms with Crippen LogP contribution in [0.1, 0.15) is 21.6 Å². The predicted molar refractivity (Wildman–Crippen MR) is 130 cm³/mol. The Hall–Kier alpha value is -4.39. The van der Waals surface area contributed by atoms with Gasteiger partial charge in [0, 0.05) is 11.1 Å². The molecule has 0 spiro atoms. The van der Waals surface area contributed by atoms with Gasteiger partial charge in [0.2, 0.25) is 5.96 Å². The van der Waals surface area contributed by atoms with Gasteiger partial charge >= 0.3 is 6.18 Å². The number of aliphatic imine (C=N–C) groups is 1. The number of guanidine groups is 1. The molecule has 0 atom stereocenters. The molecule has 2 N–H and O–H groups in total. The summed E-state index contributed by atoms with van der Waals surface area (Å²) in [6.07, 6.45) is -4.91. The zero-order chi connectivity index (χ0) is 28.5. The second-order valence-electron chi connectivity index (χ2n) is 7.95. The first-order valence-corrected chi connectivity index (χ1v) is 11.2. The summed E-state index contributed by atoms with van der Waals surface area (Å²) in [7, 11) is 0. The van der Waals surface area contributed by atoms with Crippen LogP contribution in [-0.4, -0.2) is 21.6 Å². The van der Waals surface area contributed by atoms with Gasteiger partial charge < -0.3 is 10.6 Å². The summed E-state index contributed by atoms with van der Waals surface area (Å²) in [4.78, 5) is 16.5. The van der Waals surface area contributed by atoms with Gasteiger partial charge in [-0.3, -0.25) is 4.79 Å². The van der Waals surface area contributed by atoms with Crippen molar-refractivity contribution >= 4 is 35.0 Å². The highest BCUT2D eigenvalue weighted by molar-refractivity contribution is 6.31. The lowest BCUT2D eigenvalue weighted by atomic mass is 10.2. The fourth-order valence-electron chi connectivity index (χ4n) is 3.40. The minimum absolute atomic E-state index is 0.00211. The number of alkyl halides is 3. The van der Waals surface area contributed by atoms with Gasteiger partial charge in [-0.1, -0.05) is 17.7 Å². The average Bonchev–Trinajstić information content (AvgIpc) is 3.20. The van der Waals surface area contributed by atoms with Crippen molar-refractivity contribution in [1.29, 1.82) is 0 Å². The topological polar surface area (TPSA) is 71.3 Å². The molecule has 0 fully saturated rings. The molecule has 0 unspecified atom stereocenters.